The first kappa shape index (κ1) is 26.3. The molecule has 0 aliphatic heterocycles. The Kier molecular flexibility index (Phi) is 5.78. The maximum atomic E-state index is 5.12. The van der Waals surface area contributed by atoms with Crippen molar-refractivity contribution in [3.63, 3.8) is 0 Å². The van der Waals surface area contributed by atoms with Crippen LogP contribution in [0.3, 0.4) is 0 Å². The summed E-state index contributed by atoms with van der Waals surface area (Å²) in [6.45, 7) is 0. The van der Waals surface area contributed by atoms with Crippen LogP contribution < -0.4 is 0 Å². The Hall–Kier alpha value is -5.90. The fourth-order valence-electron chi connectivity index (χ4n) is 7.25. The van der Waals surface area contributed by atoms with Gasteiger partial charge in [-0.2, -0.15) is 0 Å². The minimum absolute atomic E-state index is 0.738. The molecule has 0 unspecified atom stereocenters. The second-order valence-corrected chi connectivity index (χ2v) is 13.2. The highest BCUT2D eigenvalue weighted by molar-refractivity contribution is 7.27. The van der Waals surface area contributed by atoms with Gasteiger partial charge in [0.05, 0.1) is 11.2 Å². The second kappa shape index (κ2) is 10.3. The maximum Gasteiger partial charge on any atom is 0.160 e. The van der Waals surface area contributed by atoms with E-state index in [1.807, 2.05) is 35.6 Å². The quantitative estimate of drug-likeness (QED) is 0.185. The van der Waals surface area contributed by atoms with Crippen LogP contribution in [0.4, 0.5) is 0 Å². The Balaban J connectivity index is 1.19. The fourth-order valence-corrected chi connectivity index (χ4v) is 8.50. The summed E-state index contributed by atoms with van der Waals surface area (Å²) in [5.74, 6) is 0.738. The van der Waals surface area contributed by atoms with Crippen LogP contribution in [0, 0.1) is 0 Å². The van der Waals surface area contributed by atoms with Gasteiger partial charge in [-0.05, 0) is 62.3 Å². The molecule has 0 spiro atoms. The number of nitrogens with zero attached hydrogens (tertiary/aromatic N) is 2. The zero-order valence-electron chi connectivity index (χ0n) is 25.3. The number of aromatic nitrogens is 2. The molecule has 2 nitrogen and oxygen atoms in total. The molecule has 0 atom stereocenters. The third-order valence-corrected chi connectivity index (χ3v) is 10.6. The number of thiophene rings is 1. The largest absolute Gasteiger partial charge is 0.228 e. The summed E-state index contributed by atoms with van der Waals surface area (Å²) in [5, 5.41) is 11.6. The van der Waals surface area contributed by atoms with Crippen LogP contribution in [-0.4, -0.2) is 9.97 Å². The summed E-state index contributed by atoms with van der Waals surface area (Å²) < 4.78 is 2.70. The third-order valence-electron chi connectivity index (χ3n) is 9.43. The number of rotatable bonds is 3. The summed E-state index contributed by atoms with van der Waals surface area (Å²) in [5.41, 5.74) is 6.31. The van der Waals surface area contributed by atoms with Crippen molar-refractivity contribution in [2.24, 2.45) is 0 Å². The van der Waals surface area contributed by atoms with Crippen LogP contribution >= 0.6 is 11.3 Å². The summed E-state index contributed by atoms with van der Waals surface area (Å²) in [6.07, 6.45) is 0. The van der Waals surface area contributed by atoms with E-state index in [1.54, 1.807) is 0 Å². The smallest absolute Gasteiger partial charge is 0.160 e. The molecule has 0 fully saturated rings. The van der Waals surface area contributed by atoms with Gasteiger partial charge in [0, 0.05) is 42.1 Å². The predicted molar refractivity (Wildman–Crippen MR) is 201 cm³/mol. The molecule has 218 valence electrons. The van der Waals surface area contributed by atoms with Gasteiger partial charge in [0.2, 0.25) is 0 Å². The molecule has 47 heavy (non-hydrogen) atoms. The van der Waals surface area contributed by atoms with Crippen LogP contribution in [0.1, 0.15) is 0 Å². The molecule has 0 N–H and O–H groups in total. The Bertz CT molecular complexity index is 2840. The zero-order valence-corrected chi connectivity index (χ0v) is 26.1. The van der Waals surface area contributed by atoms with Crippen molar-refractivity contribution in [3.05, 3.63) is 158 Å². The molecule has 3 heteroatoms. The van der Waals surface area contributed by atoms with E-state index in [9.17, 15) is 0 Å². The Morgan fingerprint density at radius 3 is 1.83 bits per heavy atom. The minimum Gasteiger partial charge on any atom is -0.228 e. The van der Waals surface area contributed by atoms with Crippen LogP contribution in [0.5, 0.6) is 0 Å². The summed E-state index contributed by atoms with van der Waals surface area (Å²) in [4.78, 5) is 10.1. The first-order valence-electron chi connectivity index (χ1n) is 15.9. The van der Waals surface area contributed by atoms with Gasteiger partial charge in [0.1, 0.15) is 0 Å². The van der Waals surface area contributed by atoms with Gasteiger partial charge in [-0.25, -0.2) is 9.97 Å². The molecule has 0 aliphatic carbocycles. The molecule has 0 bridgehead atoms. The van der Waals surface area contributed by atoms with Crippen molar-refractivity contribution in [2.75, 3.05) is 0 Å². The van der Waals surface area contributed by atoms with Gasteiger partial charge in [-0.15, -0.1) is 11.3 Å². The minimum atomic E-state index is 0.738. The van der Waals surface area contributed by atoms with Gasteiger partial charge in [0.25, 0.3) is 0 Å². The van der Waals surface area contributed by atoms with E-state index in [1.165, 1.54) is 58.1 Å². The first-order valence-corrected chi connectivity index (χ1v) is 16.7. The highest BCUT2D eigenvalue weighted by Crippen LogP contribution is 2.46. The van der Waals surface area contributed by atoms with E-state index >= 15 is 0 Å². The molecule has 2 aromatic heterocycles. The number of fused-ring (bicyclic) bond motifs is 11. The molecule has 0 radical (unpaired) electrons. The molecule has 0 amide bonds. The SMILES string of the molecule is c1ccc(-c2nc(-c3ccccc3)c3cc(-c4ccc5c(ccc6c7sc8ccccc8c7c7ccccc7c56)c4)ccc3n2)cc1. The fraction of sp³-hybridized carbons (Fsp3) is 0. The van der Waals surface area contributed by atoms with Crippen LogP contribution in [0.2, 0.25) is 0 Å². The molecule has 10 aromatic rings. The van der Waals surface area contributed by atoms with Crippen molar-refractivity contribution < 1.29 is 0 Å². The molecular formula is C44H26N2S. The third kappa shape index (κ3) is 4.10. The topological polar surface area (TPSA) is 25.8 Å². The predicted octanol–water partition coefficient (Wildman–Crippen LogP) is 12.5. The van der Waals surface area contributed by atoms with Crippen LogP contribution in [-0.2, 0) is 0 Å². The Morgan fingerprint density at radius 1 is 0.383 bits per heavy atom. The van der Waals surface area contributed by atoms with E-state index in [-0.39, 0.29) is 0 Å². The highest BCUT2D eigenvalue weighted by atomic mass is 32.1. The van der Waals surface area contributed by atoms with Gasteiger partial charge >= 0.3 is 0 Å². The average Bonchev–Trinajstić information content (AvgIpc) is 3.55. The normalized spacial score (nSPS) is 11.8. The summed E-state index contributed by atoms with van der Waals surface area (Å²) in [6, 6.07) is 56.5. The molecule has 0 aliphatic rings. The average molecular weight is 615 g/mol. The summed E-state index contributed by atoms with van der Waals surface area (Å²) in [7, 11) is 0. The van der Waals surface area contributed by atoms with Crippen molar-refractivity contribution in [1.82, 2.24) is 9.97 Å². The van der Waals surface area contributed by atoms with Gasteiger partial charge < -0.3 is 0 Å². The van der Waals surface area contributed by atoms with Crippen molar-refractivity contribution in [1.29, 1.82) is 0 Å². The lowest BCUT2D eigenvalue weighted by Crippen LogP contribution is -1.95. The Labute approximate surface area is 275 Å². The van der Waals surface area contributed by atoms with E-state index in [4.69, 9.17) is 9.97 Å². The molecule has 10 rings (SSSR count). The molecular weight excluding hydrogens is 589 g/mol. The van der Waals surface area contributed by atoms with Gasteiger partial charge in [-0.1, -0.05) is 133 Å². The molecule has 0 saturated carbocycles. The Morgan fingerprint density at radius 2 is 1.02 bits per heavy atom. The van der Waals surface area contributed by atoms with E-state index in [0.29, 0.717) is 0 Å². The van der Waals surface area contributed by atoms with Crippen molar-refractivity contribution >= 4 is 74.7 Å². The van der Waals surface area contributed by atoms with E-state index < -0.39 is 0 Å². The lowest BCUT2D eigenvalue weighted by molar-refractivity contribution is 1.23. The molecule has 0 saturated heterocycles. The number of benzene rings is 8. The molecule has 2 heterocycles. The number of hydrogen-bond acceptors (Lipinski definition) is 3. The monoisotopic (exact) mass is 614 g/mol. The number of hydrogen-bond donors (Lipinski definition) is 0. The van der Waals surface area contributed by atoms with Gasteiger partial charge in [-0.3, -0.25) is 0 Å². The second-order valence-electron chi connectivity index (χ2n) is 12.1. The lowest BCUT2D eigenvalue weighted by atomic mass is 9.92. The first-order chi connectivity index (χ1) is 23.3. The highest BCUT2D eigenvalue weighted by Gasteiger charge is 2.17. The zero-order chi connectivity index (χ0) is 30.9. The maximum absolute atomic E-state index is 5.12. The van der Waals surface area contributed by atoms with Crippen molar-refractivity contribution in [2.45, 2.75) is 0 Å². The molecule has 8 aromatic carbocycles. The standard InChI is InChI=1S/C44H26N2S/c1-3-11-27(12-4-1)42-37-26-30(21-24-38(37)45-44(46-42)28-13-5-2-6-14-28)29-19-22-32-31(25-29)20-23-36-40(32)33-15-7-8-16-34(33)41-35-17-9-10-18-39(35)47-43(36)41/h1-26H. The van der Waals surface area contributed by atoms with Crippen molar-refractivity contribution in [3.8, 4) is 33.8 Å². The van der Waals surface area contributed by atoms with E-state index in [2.05, 4.69) is 133 Å². The van der Waals surface area contributed by atoms with Gasteiger partial charge in [0.15, 0.2) is 5.82 Å². The van der Waals surface area contributed by atoms with Crippen LogP contribution in [0.15, 0.2) is 158 Å². The van der Waals surface area contributed by atoms with Crippen LogP contribution in [0.25, 0.3) is 97.2 Å². The summed E-state index contributed by atoms with van der Waals surface area (Å²) >= 11 is 1.90. The lowest BCUT2D eigenvalue weighted by Gasteiger charge is -2.13. The van der Waals surface area contributed by atoms with E-state index in [0.717, 1.165) is 39.1 Å².